The van der Waals surface area contributed by atoms with Crippen LogP contribution in [0.15, 0.2) is 53.0 Å². The molecule has 0 saturated carbocycles. The van der Waals surface area contributed by atoms with Gasteiger partial charge in [0, 0.05) is 16.0 Å². The van der Waals surface area contributed by atoms with Gasteiger partial charge in [-0.15, -0.1) is 0 Å². The van der Waals surface area contributed by atoms with E-state index in [0.717, 1.165) is 16.6 Å². The molecule has 0 aliphatic carbocycles. The Morgan fingerprint density at radius 2 is 1.80 bits per heavy atom. The molecular weight excluding hydrogens is 380 g/mol. The quantitative estimate of drug-likeness (QED) is 0.554. The molecule has 2 aromatic rings. The Balaban J connectivity index is 2.38. The van der Waals surface area contributed by atoms with Crippen molar-refractivity contribution in [3.63, 3.8) is 0 Å². The summed E-state index contributed by atoms with van der Waals surface area (Å²) in [5.41, 5.74) is 2.52. The van der Waals surface area contributed by atoms with Gasteiger partial charge in [0.1, 0.15) is 5.75 Å². The van der Waals surface area contributed by atoms with E-state index in [-0.39, 0.29) is 4.83 Å². The van der Waals surface area contributed by atoms with Gasteiger partial charge in [-0.25, -0.2) is 0 Å². The van der Waals surface area contributed by atoms with E-state index in [2.05, 4.69) is 75.2 Å². The van der Waals surface area contributed by atoms with Crippen LogP contribution in [0, 0.1) is 0 Å². The highest BCUT2D eigenvalue weighted by atomic mass is 79.9. The van der Waals surface area contributed by atoms with Gasteiger partial charge in [-0.05, 0) is 30.2 Å². The summed E-state index contributed by atoms with van der Waals surface area (Å²) in [5.74, 6) is 1.34. The highest BCUT2D eigenvalue weighted by molar-refractivity contribution is 9.10. The third-order valence-corrected chi connectivity index (χ3v) is 5.13. The van der Waals surface area contributed by atoms with Crippen LogP contribution in [0.3, 0.4) is 0 Å². The summed E-state index contributed by atoms with van der Waals surface area (Å²) in [5, 5.41) is 0. The lowest BCUT2D eigenvalue weighted by molar-refractivity contribution is 0.407. The number of rotatable bonds is 5. The number of hydrogen-bond acceptors (Lipinski definition) is 1. The molecule has 0 radical (unpaired) electrons. The number of alkyl halides is 1. The Labute approximate surface area is 137 Å². The summed E-state index contributed by atoms with van der Waals surface area (Å²) < 4.78 is 6.57. The number of halogens is 2. The van der Waals surface area contributed by atoms with Crippen LogP contribution in [0.2, 0.25) is 0 Å². The first-order valence-corrected chi connectivity index (χ1v) is 8.40. The van der Waals surface area contributed by atoms with Crippen LogP contribution in [-0.2, 0) is 0 Å². The minimum atomic E-state index is 0.224. The standard InChI is InChI=1S/C17H18Br2O/c1-3-14(12-7-5-4-6-8-12)17(19)15-11-13(18)9-10-16(15)20-2/h4-11,14,17H,3H2,1-2H3. The molecule has 2 unspecified atom stereocenters. The Hall–Kier alpha value is -0.800. The summed E-state index contributed by atoms with van der Waals surface area (Å²) in [7, 11) is 1.72. The second-order valence-corrected chi connectivity index (χ2v) is 6.62. The summed E-state index contributed by atoms with van der Waals surface area (Å²) in [6.45, 7) is 2.22. The number of ether oxygens (including phenoxy) is 1. The molecule has 0 amide bonds. The van der Waals surface area contributed by atoms with E-state index in [1.807, 2.05) is 12.1 Å². The Morgan fingerprint density at radius 1 is 1.10 bits per heavy atom. The molecule has 2 aromatic carbocycles. The molecule has 2 rings (SSSR count). The first kappa shape index (κ1) is 15.6. The van der Waals surface area contributed by atoms with Crippen molar-refractivity contribution in [2.24, 2.45) is 0 Å². The van der Waals surface area contributed by atoms with Gasteiger partial charge >= 0.3 is 0 Å². The molecule has 0 bridgehead atoms. The summed E-state index contributed by atoms with van der Waals surface area (Å²) in [6, 6.07) is 16.8. The fourth-order valence-electron chi connectivity index (χ4n) is 2.45. The maximum atomic E-state index is 5.50. The van der Waals surface area contributed by atoms with E-state index >= 15 is 0 Å². The average Bonchev–Trinajstić information content (AvgIpc) is 2.49. The van der Waals surface area contributed by atoms with Crippen molar-refractivity contribution < 1.29 is 4.74 Å². The van der Waals surface area contributed by atoms with Crippen LogP contribution >= 0.6 is 31.9 Å². The second-order valence-electron chi connectivity index (χ2n) is 4.71. The van der Waals surface area contributed by atoms with Crippen molar-refractivity contribution in [1.29, 1.82) is 0 Å². The lowest BCUT2D eigenvalue weighted by Crippen LogP contribution is -2.06. The average molecular weight is 398 g/mol. The Morgan fingerprint density at radius 3 is 2.40 bits per heavy atom. The molecule has 1 nitrogen and oxygen atoms in total. The van der Waals surface area contributed by atoms with E-state index in [9.17, 15) is 0 Å². The van der Waals surface area contributed by atoms with Crippen molar-refractivity contribution in [3.8, 4) is 5.75 Å². The van der Waals surface area contributed by atoms with Crippen molar-refractivity contribution in [3.05, 3.63) is 64.1 Å². The van der Waals surface area contributed by atoms with Crippen LogP contribution in [-0.4, -0.2) is 7.11 Å². The molecule has 0 aliphatic rings. The molecule has 20 heavy (non-hydrogen) atoms. The van der Waals surface area contributed by atoms with Gasteiger partial charge in [-0.3, -0.25) is 0 Å². The monoisotopic (exact) mass is 396 g/mol. The van der Waals surface area contributed by atoms with Gasteiger partial charge in [0.25, 0.3) is 0 Å². The van der Waals surface area contributed by atoms with E-state index in [0.29, 0.717) is 5.92 Å². The highest BCUT2D eigenvalue weighted by Gasteiger charge is 2.23. The highest BCUT2D eigenvalue weighted by Crippen LogP contribution is 2.44. The van der Waals surface area contributed by atoms with Gasteiger partial charge in [-0.1, -0.05) is 69.1 Å². The molecule has 0 saturated heterocycles. The summed E-state index contributed by atoms with van der Waals surface area (Å²) in [6.07, 6.45) is 1.07. The zero-order valence-electron chi connectivity index (χ0n) is 11.6. The minimum Gasteiger partial charge on any atom is -0.496 e. The minimum absolute atomic E-state index is 0.224. The maximum Gasteiger partial charge on any atom is 0.123 e. The van der Waals surface area contributed by atoms with Gasteiger partial charge in [0.05, 0.1) is 11.9 Å². The summed E-state index contributed by atoms with van der Waals surface area (Å²) in [4.78, 5) is 0.224. The van der Waals surface area contributed by atoms with Crippen molar-refractivity contribution in [2.75, 3.05) is 7.11 Å². The molecule has 0 fully saturated rings. The first-order chi connectivity index (χ1) is 9.67. The van der Waals surface area contributed by atoms with E-state index in [4.69, 9.17) is 4.74 Å². The van der Waals surface area contributed by atoms with Gasteiger partial charge in [-0.2, -0.15) is 0 Å². The zero-order chi connectivity index (χ0) is 14.5. The topological polar surface area (TPSA) is 9.23 Å². The summed E-state index contributed by atoms with van der Waals surface area (Å²) >= 11 is 7.42. The fourth-order valence-corrected chi connectivity index (χ4v) is 3.86. The number of benzene rings is 2. The SMILES string of the molecule is CCC(c1ccccc1)C(Br)c1cc(Br)ccc1OC. The molecule has 0 spiro atoms. The third-order valence-electron chi connectivity index (χ3n) is 3.51. The predicted octanol–water partition coefficient (Wildman–Crippen LogP) is 6.09. The van der Waals surface area contributed by atoms with E-state index in [1.54, 1.807) is 7.11 Å². The molecule has 0 N–H and O–H groups in total. The first-order valence-electron chi connectivity index (χ1n) is 6.69. The molecule has 0 aliphatic heterocycles. The van der Waals surface area contributed by atoms with Gasteiger partial charge in [0.15, 0.2) is 0 Å². The molecule has 3 heteroatoms. The van der Waals surface area contributed by atoms with E-state index < -0.39 is 0 Å². The lowest BCUT2D eigenvalue weighted by atomic mass is 9.89. The molecule has 0 aromatic heterocycles. The lowest BCUT2D eigenvalue weighted by Gasteiger charge is -2.24. The smallest absolute Gasteiger partial charge is 0.123 e. The Bertz CT molecular complexity index is 554. The fraction of sp³-hybridized carbons (Fsp3) is 0.294. The number of hydrogen-bond donors (Lipinski definition) is 0. The molecule has 0 heterocycles. The van der Waals surface area contributed by atoms with Crippen molar-refractivity contribution in [1.82, 2.24) is 0 Å². The van der Waals surface area contributed by atoms with Crippen LogP contribution in [0.25, 0.3) is 0 Å². The van der Waals surface area contributed by atoms with Crippen molar-refractivity contribution in [2.45, 2.75) is 24.1 Å². The van der Waals surface area contributed by atoms with Crippen LogP contribution in [0.5, 0.6) is 5.75 Å². The predicted molar refractivity (Wildman–Crippen MR) is 91.8 cm³/mol. The third kappa shape index (κ3) is 3.44. The molecular formula is C17H18Br2O. The maximum absolute atomic E-state index is 5.50. The normalized spacial score (nSPS) is 13.8. The second kappa shape index (κ2) is 7.28. The zero-order valence-corrected chi connectivity index (χ0v) is 14.8. The van der Waals surface area contributed by atoms with Gasteiger partial charge in [0.2, 0.25) is 0 Å². The van der Waals surface area contributed by atoms with Crippen molar-refractivity contribution >= 4 is 31.9 Å². The number of methoxy groups -OCH3 is 1. The molecule has 2 atom stereocenters. The van der Waals surface area contributed by atoms with Crippen LogP contribution in [0.1, 0.15) is 35.2 Å². The molecule has 106 valence electrons. The van der Waals surface area contributed by atoms with Crippen LogP contribution < -0.4 is 4.74 Å². The van der Waals surface area contributed by atoms with Gasteiger partial charge < -0.3 is 4.74 Å². The van der Waals surface area contributed by atoms with E-state index in [1.165, 1.54) is 11.1 Å². The Kier molecular flexibility index (Phi) is 5.67. The van der Waals surface area contributed by atoms with Crippen LogP contribution in [0.4, 0.5) is 0 Å². The largest absolute Gasteiger partial charge is 0.496 e.